The van der Waals surface area contributed by atoms with Gasteiger partial charge in [0.15, 0.2) is 5.65 Å². The van der Waals surface area contributed by atoms with Gasteiger partial charge in [0, 0.05) is 12.3 Å². The highest BCUT2D eigenvalue weighted by Crippen LogP contribution is 2.35. The van der Waals surface area contributed by atoms with Gasteiger partial charge < -0.3 is 5.32 Å². The Hall–Kier alpha value is -1.89. The molecule has 2 heterocycles. The van der Waals surface area contributed by atoms with E-state index in [1.165, 1.54) is 19.1 Å². The Morgan fingerprint density at radius 1 is 1.32 bits per heavy atom. The summed E-state index contributed by atoms with van der Waals surface area (Å²) in [6, 6.07) is 3.21. The van der Waals surface area contributed by atoms with Gasteiger partial charge in [0.25, 0.3) is 0 Å². The molecule has 2 aromatic heterocycles. The van der Waals surface area contributed by atoms with E-state index in [0.717, 1.165) is 6.07 Å². The molecule has 0 aliphatic rings. The first-order valence-corrected chi connectivity index (χ1v) is 5.47. The van der Waals surface area contributed by atoms with Gasteiger partial charge in [-0.2, -0.15) is 13.2 Å². The van der Waals surface area contributed by atoms with E-state index in [4.69, 9.17) is 11.6 Å². The van der Waals surface area contributed by atoms with E-state index < -0.39 is 11.7 Å². The van der Waals surface area contributed by atoms with Crippen LogP contribution >= 0.6 is 11.6 Å². The van der Waals surface area contributed by atoms with Gasteiger partial charge >= 0.3 is 6.18 Å². The number of fused-ring (bicyclic) bond motifs is 1. The number of nitrogens with zero attached hydrogens (tertiary/aromatic N) is 2. The molecule has 2 aromatic rings. The largest absolute Gasteiger partial charge is 0.417 e. The molecule has 0 aliphatic heterocycles. The van der Waals surface area contributed by atoms with Crippen molar-refractivity contribution in [3.8, 4) is 0 Å². The Kier molecular flexibility index (Phi) is 3.32. The minimum absolute atomic E-state index is 0.114. The van der Waals surface area contributed by atoms with Gasteiger partial charge in [0.2, 0.25) is 5.91 Å². The normalized spacial score (nSPS) is 11.6. The fourth-order valence-electron chi connectivity index (χ4n) is 1.56. The summed E-state index contributed by atoms with van der Waals surface area (Å²) in [5, 5.41) is 1.87. The number of aromatic nitrogens is 2. The van der Waals surface area contributed by atoms with Gasteiger partial charge in [0.05, 0.1) is 5.56 Å². The van der Waals surface area contributed by atoms with Crippen LogP contribution in [-0.2, 0) is 11.0 Å². The van der Waals surface area contributed by atoms with E-state index in [1.807, 2.05) is 0 Å². The number of pyridine rings is 2. The number of hydrogen-bond donors (Lipinski definition) is 1. The highest BCUT2D eigenvalue weighted by molar-refractivity contribution is 6.29. The Bertz CT molecular complexity index is 657. The fraction of sp³-hybridized carbons (Fsp3) is 0.182. The summed E-state index contributed by atoms with van der Waals surface area (Å²) in [4.78, 5) is 18.4. The molecule has 8 heteroatoms. The number of carbonyl (C=O) groups excluding carboxylic acids is 1. The molecule has 100 valence electrons. The van der Waals surface area contributed by atoms with Crippen LogP contribution in [0.5, 0.6) is 0 Å². The number of halogens is 4. The summed E-state index contributed by atoms with van der Waals surface area (Å²) in [5.74, 6) is -0.271. The maximum absolute atomic E-state index is 12.8. The van der Waals surface area contributed by atoms with Gasteiger partial charge in [-0.25, -0.2) is 9.97 Å². The zero-order chi connectivity index (χ0) is 14.2. The second-order valence-electron chi connectivity index (χ2n) is 3.74. The third-order valence-corrected chi connectivity index (χ3v) is 2.44. The van der Waals surface area contributed by atoms with Crippen LogP contribution < -0.4 is 5.32 Å². The number of nitrogens with one attached hydrogen (secondary N) is 1. The predicted molar refractivity (Wildman–Crippen MR) is 63.9 cm³/mol. The number of anilines is 1. The minimum atomic E-state index is -4.55. The molecule has 0 atom stereocenters. The lowest BCUT2D eigenvalue weighted by molar-refractivity contribution is -0.136. The van der Waals surface area contributed by atoms with E-state index in [0.29, 0.717) is 0 Å². The van der Waals surface area contributed by atoms with Crippen molar-refractivity contribution < 1.29 is 18.0 Å². The van der Waals surface area contributed by atoms with Crippen LogP contribution in [0.1, 0.15) is 12.5 Å². The quantitative estimate of drug-likeness (QED) is 0.820. The van der Waals surface area contributed by atoms with Gasteiger partial charge in [-0.1, -0.05) is 11.6 Å². The Morgan fingerprint density at radius 3 is 2.58 bits per heavy atom. The Labute approximate surface area is 110 Å². The molecule has 0 fully saturated rings. The van der Waals surface area contributed by atoms with Crippen molar-refractivity contribution in [3.63, 3.8) is 0 Å². The molecular weight excluding hydrogens is 283 g/mol. The van der Waals surface area contributed by atoms with Crippen LogP contribution in [0.3, 0.4) is 0 Å². The molecule has 2 rings (SSSR count). The molecule has 0 aromatic carbocycles. The molecule has 0 aliphatic carbocycles. The molecule has 1 N–H and O–H groups in total. The second-order valence-corrected chi connectivity index (χ2v) is 4.13. The van der Waals surface area contributed by atoms with Gasteiger partial charge in [-0.05, 0) is 18.2 Å². The highest BCUT2D eigenvalue weighted by Gasteiger charge is 2.33. The second kappa shape index (κ2) is 4.65. The van der Waals surface area contributed by atoms with Crippen LogP contribution in [0.25, 0.3) is 11.0 Å². The smallest absolute Gasteiger partial charge is 0.311 e. The number of amides is 1. The third kappa shape index (κ3) is 2.93. The summed E-state index contributed by atoms with van der Waals surface area (Å²) < 4.78 is 38.5. The Morgan fingerprint density at radius 2 is 2.00 bits per heavy atom. The van der Waals surface area contributed by atoms with Crippen LogP contribution in [-0.4, -0.2) is 15.9 Å². The first kappa shape index (κ1) is 13.5. The van der Waals surface area contributed by atoms with E-state index in [1.54, 1.807) is 0 Å². The summed E-state index contributed by atoms with van der Waals surface area (Å²) in [6.07, 6.45) is -4.55. The molecule has 0 saturated carbocycles. The molecule has 4 nitrogen and oxygen atoms in total. The predicted octanol–water partition coefficient (Wildman–Crippen LogP) is 3.26. The molecule has 0 bridgehead atoms. The summed E-state index contributed by atoms with van der Waals surface area (Å²) in [6.45, 7) is 1.26. The van der Waals surface area contributed by atoms with Crippen molar-refractivity contribution in [1.82, 2.24) is 9.97 Å². The molecule has 0 unspecified atom stereocenters. The van der Waals surface area contributed by atoms with Crippen molar-refractivity contribution >= 4 is 34.4 Å². The van der Waals surface area contributed by atoms with E-state index in [9.17, 15) is 18.0 Å². The number of carbonyl (C=O) groups is 1. The third-order valence-electron chi connectivity index (χ3n) is 2.25. The Balaban J connectivity index is 2.65. The lowest BCUT2D eigenvalue weighted by Gasteiger charge is -2.11. The van der Waals surface area contributed by atoms with Crippen molar-refractivity contribution in [2.75, 3.05) is 5.32 Å². The van der Waals surface area contributed by atoms with Crippen molar-refractivity contribution in [1.29, 1.82) is 0 Å². The molecule has 0 saturated heterocycles. The minimum Gasteiger partial charge on any atom is -0.311 e. The van der Waals surface area contributed by atoms with Crippen LogP contribution in [0.2, 0.25) is 5.15 Å². The zero-order valence-corrected chi connectivity index (χ0v) is 10.3. The first-order valence-electron chi connectivity index (χ1n) is 5.09. The zero-order valence-electron chi connectivity index (χ0n) is 9.55. The molecule has 1 amide bonds. The van der Waals surface area contributed by atoms with E-state index in [2.05, 4.69) is 15.3 Å². The van der Waals surface area contributed by atoms with E-state index in [-0.39, 0.29) is 27.9 Å². The maximum Gasteiger partial charge on any atom is 0.417 e. The SMILES string of the molecule is CC(=O)Nc1ccc2c(C(F)(F)F)cc(Cl)nc2n1. The molecule has 0 spiro atoms. The average Bonchev–Trinajstić information content (AvgIpc) is 2.25. The monoisotopic (exact) mass is 289 g/mol. The molecule has 19 heavy (non-hydrogen) atoms. The number of rotatable bonds is 1. The molecule has 0 radical (unpaired) electrons. The van der Waals surface area contributed by atoms with Gasteiger partial charge in [-0.15, -0.1) is 0 Å². The lowest BCUT2D eigenvalue weighted by atomic mass is 10.1. The van der Waals surface area contributed by atoms with Crippen LogP contribution in [0, 0.1) is 0 Å². The van der Waals surface area contributed by atoms with Crippen molar-refractivity contribution in [2.45, 2.75) is 13.1 Å². The van der Waals surface area contributed by atoms with E-state index >= 15 is 0 Å². The summed E-state index contributed by atoms with van der Waals surface area (Å²) in [5.41, 5.74) is -1.09. The maximum atomic E-state index is 12.8. The van der Waals surface area contributed by atoms with Crippen molar-refractivity contribution in [3.05, 3.63) is 28.9 Å². The highest BCUT2D eigenvalue weighted by atomic mass is 35.5. The average molecular weight is 290 g/mol. The van der Waals surface area contributed by atoms with Crippen LogP contribution in [0.4, 0.5) is 19.0 Å². The lowest BCUT2D eigenvalue weighted by Crippen LogP contribution is -2.10. The van der Waals surface area contributed by atoms with Crippen molar-refractivity contribution in [2.24, 2.45) is 0 Å². The topological polar surface area (TPSA) is 54.9 Å². The van der Waals surface area contributed by atoms with Gasteiger partial charge in [-0.3, -0.25) is 4.79 Å². The summed E-state index contributed by atoms with van der Waals surface area (Å²) >= 11 is 5.55. The first-order chi connectivity index (χ1) is 8.77. The number of alkyl halides is 3. The molecular formula is C11H7ClF3N3O. The standard InChI is InChI=1S/C11H7ClF3N3O/c1-5(19)16-9-3-2-6-7(11(13,14)15)4-8(12)17-10(6)18-9/h2-4H,1H3,(H,16,17,18,19). The van der Waals surface area contributed by atoms with Crippen LogP contribution in [0.15, 0.2) is 18.2 Å². The van der Waals surface area contributed by atoms with Gasteiger partial charge in [0.1, 0.15) is 11.0 Å². The summed E-state index contributed by atoms with van der Waals surface area (Å²) in [7, 11) is 0. The number of hydrogen-bond acceptors (Lipinski definition) is 3. The fourth-order valence-corrected chi connectivity index (χ4v) is 1.75.